The average Bonchev–Trinajstić information content (AvgIpc) is 2.62. The maximum absolute atomic E-state index is 11.3. The van der Waals surface area contributed by atoms with E-state index in [-0.39, 0.29) is 12.5 Å². The Labute approximate surface area is 90.9 Å². The van der Waals surface area contributed by atoms with Gasteiger partial charge >= 0.3 is 0 Å². The van der Waals surface area contributed by atoms with Crippen LogP contribution in [0.3, 0.4) is 0 Å². The van der Waals surface area contributed by atoms with Gasteiger partial charge in [-0.3, -0.25) is 4.79 Å². The van der Waals surface area contributed by atoms with Crippen LogP contribution in [0, 0.1) is 5.92 Å². The molecule has 0 aromatic heterocycles. The predicted molar refractivity (Wildman–Crippen MR) is 58.5 cm³/mol. The molecule has 1 unspecified atom stereocenters. The van der Waals surface area contributed by atoms with E-state index in [9.17, 15) is 4.79 Å². The number of hydrogen-bond donors (Lipinski definition) is 2. The lowest BCUT2D eigenvalue weighted by atomic mass is 10.1. The first kappa shape index (κ1) is 12.4. The lowest BCUT2D eigenvalue weighted by molar-refractivity contribution is -0.125. The number of rotatable bonds is 6. The molecule has 5 heteroatoms. The van der Waals surface area contributed by atoms with E-state index in [2.05, 4.69) is 17.3 Å². The lowest BCUT2D eigenvalue weighted by Gasteiger charge is -2.11. The molecular weight excluding hydrogens is 194 g/mol. The van der Waals surface area contributed by atoms with Gasteiger partial charge in [-0.05, 0) is 25.9 Å². The second kappa shape index (κ2) is 6.76. The summed E-state index contributed by atoms with van der Waals surface area (Å²) in [5.74, 6) is 0.548. The fraction of sp³-hybridized carbons (Fsp3) is 0.900. The highest BCUT2D eigenvalue weighted by Crippen LogP contribution is 2.12. The minimum absolute atomic E-state index is 0.0435. The molecule has 0 spiro atoms. The fourth-order valence-corrected chi connectivity index (χ4v) is 1.75. The van der Waals surface area contributed by atoms with Gasteiger partial charge in [0.2, 0.25) is 5.91 Å². The van der Waals surface area contributed by atoms with Gasteiger partial charge in [0.05, 0.1) is 6.61 Å². The van der Waals surface area contributed by atoms with E-state index in [0.717, 1.165) is 19.6 Å². The quantitative estimate of drug-likeness (QED) is 0.559. The van der Waals surface area contributed by atoms with E-state index in [4.69, 9.17) is 10.5 Å². The summed E-state index contributed by atoms with van der Waals surface area (Å²) in [5.41, 5.74) is 5.24. The van der Waals surface area contributed by atoms with Gasteiger partial charge in [0.15, 0.2) is 0 Å². The molecule has 3 N–H and O–H groups in total. The van der Waals surface area contributed by atoms with Crippen molar-refractivity contribution in [2.75, 3.05) is 46.4 Å². The Hall–Kier alpha value is -0.650. The van der Waals surface area contributed by atoms with Crippen molar-refractivity contribution < 1.29 is 9.53 Å². The van der Waals surface area contributed by atoms with E-state index in [1.165, 1.54) is 6.42 Å². The second-order valence-corrected chi connectivity index (χ2v) is 4.06. The first-order valence-corrected chi connectivity index (χ1v) is 5.45. The van der Waals surface area contributed by atoms with Gasteiger partial charge in [0.1, 0.15) is 6.61 Å². The van der Waals surface area contributed by atoms with Crippen LogP contribution < -0.4 is 11.1 Å². The minimum Gasteiger partial charge on any atom is -0.370 e. The van der Waals surface area contributed by atoms with Crippen molar-refractivity contribution >= 4 is 5.91 Å². The zero-order chi connectivity index (χ0) is 11.1. The zero-order valence-electron chi connectivity index (χ0n) is 9.37. The number of hydrogen-bond acceptors (Lipinski definition) is 4. The fourth-order valence-electron chi connectivity index (χ4n) is 1.75. The summed E-state index contributed by atoms with van der Waals surface area (Å²) in [6.07, 6.45) is 1.17. The Bertz CT molecular complexity index is 199. The number of nitrogens with one attached hydrogen (secondary N) is 1. The van der Waals surface area contributed by atoms with Crippen LogP contribution in [0.1, 0.15) is 6.42 Å². The molecule has 1 saturated heterocycles. The molecule has 0 radical (unpaired) electrons. The molecule has 1 amide bonds. The van der Waals surface area contributed by atoms with Crippen LogP contribution in [0.15, 0.2) is 0 Å². The molecule has 1 heterocycles. The smallest absolute Gasteiger partial charge is 0.246 e. The topological polar surface area (TPSA) is 67.6 Å². The van der Waals surface area contributed by atoms with Crippen LogP contribution in [0.4, 0.5) is 0 Å². The Kier molecular flexibility index (Phi) is 5.60. The van der Waals surface area contributed by atoms with Crippen molar-refractivity contribution in [2.45, 2.75) is 6.42 Å². The maximum atomic E-state index is 11.3. The third kappa shape index (κ3) is 5.11. The normalized spacial score (nSPS) is 21.9. The molecule has 0 bridgehead atoms. The Morgan fingerprint density at radius 1 is 1.67 bits per heavy atom. The Morgan fingerprint density at radius 2 is 2.47 bits per heavy atom. The molecule has 0 aliphatic carbocycles. The Morgan fingerprint density at radius 3 is 3.07 bits per heavy atom. The highest BCUT2D eigenvalue weighted by molar-refractivity contribution is 5.77. The number of nitrogens with two attached hydrogens (primary N) is 1. The second-order valence-electron chi connectivity index (χ2n) is 4.06. The standard InChI is InChI=1S/C10H21N3O2/c1-13-4-2-9(7-13)6-12-10(14)8-15-5-3-11/h9H,2-8,11H2,1H3,(H,12,14). The number of nitrogens with zero attached hydrogens (tertiary/aromatic N) is 1. The summed E-state index contributed by atoms with van der Waals surface area (Å²) in [6.45, 7) is 3.99. The van der Waals surface area contributed by atoms with Gasteiger partial charge in [0.25, 0.3) is 0 Å². The highest BCUT2D eigenvalue weighted by Gasteiger charge is 2.19. The van der Waals surface area contributed by atoms with Crippen LogP contribution in [-0.4, -0.2) is 57.2 Å². The summed E-state index contributed by atoms with van der Waals surface area (Å²) in [5, 5.41) is 2.87. The van der Waals surface area contributed by atoms with Crippen molar-refractivity contribution in [1.82, 2.24) is 10.2 Å². The average molecular weight is 215 g/mol. The van der Waals surface area contributed by atoms with E-state index in [1.54, 1.807) is 0 Å². The molecule has 1 rings (SSSR count). The minimum atomic E-state index is -0.0435. The summed E-state index contributed by atoms with van der Waals surface area (Å²) in [4.78, 5) is 13.5. The number of carbonyl (C=O) groups excluding carboxylic acids is 1. The molecule has 15 heavy (non-hydrogen) atoms. The molecule has 1 aliphatic rings. The summed E-state index contributed by atoms with van der Waals surface area (Å²) >= 11 is 0. The van der Waals surface area contributed by atoms with Crippen LogP contribution in [-0.2, 0) is 9.53 Å². The van der Waals surface area contributed by atoms with Gasteiger partial charge < -0.3 is 20.7 Å². The summed E-state index contributed by atoms with van der Waals surface area (Å²) in [7, 11) is 2.10. The van der Waals surface area contributed by atoms with E-state index >= 15 is 0 Å². The molecular formula is C10H21N3O2. The zero-order valence-corrected chi connectivity index (χ0v) is 9.37. The van der Waals surface area contributed by atoms with Gasteiger partial charge in [-0.2, -0.15) is 0 Å². The van der Waals surface area contributed by atoms with Crippen molar-refractivity contribution in [3.63, 3.8) is 0 Å². The van der Waals surface area contributed by atoms with Gasteiger partial charge in [-0.15, -0.1) is 0 Å². The molecule has 1 atom stereocenters. The van der Waals surface area contributed by atoms with Gasteiger partial charge in [-0.1, -0.05) is 0 Å². The highest BCUT2D eigenvalue weighted by atomic mass is 16.5. The molecule has 5 nitrogen and oxygen atoms in total. The summed E-state index contributed by atoms with van der Waals surface area (Å²) in [6, 6.07) is 0. The van der Waals surface area contributed by atoms with E-state index in [1.807, 2.05) is 0 Å². The largest absolute Gasteiger partial charge is 0.370 e. The molecule has 88 valence electrons. The van der Waals surface area contributed by atoms with Crippen molar-refractivity contribution in [3.8, 4) is 0 Å². The molecule has 1 fully saturated rings. The van der Waals surface area contributed by atoms with E-state index in [0.29, 0.717) is 19.1 Å². The van der Waals surface area contributed by atoms with Crippen molar-refractivity contribution in [1.29, 1.82) is 0 Å². The number of likely N-dealkylation sites (tertiary alicyclic amines) is 1. The molecule has 0 saturated carbocycles. The van der Waals surface area contributed by atoms with Crippen LogP contribution >= 0.6 is 0 Å². The Balaban J connectivity index is 2.01. The number of ether oxygens (including phenoxy) is 1. The monoisotopic (exact) mass is 215 g/mol. The van der Waals surface area contributed by atoms with Crippen LogP contribution in [0.25, 0.3) is 0 Å². The lowest BCUT2D eigenvalue weighted by Crippen LogP contribution is -2.33. The van der Waals surface area contributed by atoms with Gasteiger partial charge in [-0.25, -0.2) is 0 Å². The van der Waals surface area contributed by atoms with Gasteiger partial charge in [0, 0.05) is 19.6 Å². The third-order valence-corrected chi connectivity index (χ3v) is 2.57. The molecule has 0 aromatic rings. The molecule has 1 aliphatic heterocycles. The summed E-state index contributed by atoms with van der Waals surface area (Å²) < 4.78 is 5.03. The molecule has 0 aromatic carbocycles. The van der Waals surface area contributed by atoms with Crippen LogP contribution in [0.5, 0.6) is 0 Å². The van der Waals surface area contributed by atoms with Crippen molar-refractivity contribution in [2.24, 2.45) is 11.7 Å². The first-order valence-electron chi connectivity index (χ1n) is 5.45. The van der Waals surface area contributed by atoms with Crippen molar-refractivity contribution in [3.05, 3.63) is 0 Å². The number of amides is 1. The maximum Gasteiger partial charge on any atom is 0.246 e. The SMILES string of the molecule is CN1CCC(CNC(=O)COCCN)C1. The number of carbonyl (C=O) groups is 1. The predicted octanol–water partition coefficient (Wildman–Crippen LogP) is -0.970. The van der Waals surface area contributed by atoms with E-state index < -0.39 is 0 Å². The van der Waals surface area contributed by atoms with Crippen LogP contribution in [0.2, 0.25) is 0 Å². The third-order valence-electron chi connectivity index (χ3n) is 2.57. The first-order chi connectivity index (χ1) is 7.22.